The van der Waals surface area contributed by atoms with E-state index in [1.54, 1.807) is 6.92 Å². The fourth-order valence-electron chi connectivity index (χ4n) is 0.957. The van der Waals surface area contributed by atoms with Crippen LogP contribution < -0.4 is 0 Å². The molecule has 0 bridgehead atoms. The fraction of sp³-hybridized carbons (Fsp3) is 0.385. The summed E-state index contributed by atoms with van der Waals surface area (Å²) in [5.74, 6) is -0.962. The number of ether oxygens (including phenoxy) is 1. The van der Waals surface area contributed by atoms with Gasteiger partial charge in [0.25, 0.3) is 0 Å². The summed E-state index contributed by atoms with van der Waals surface area (Å²) >= 11 is 0. The normalized spacial score (nSPS) is 8.82. The van der Waals surface area contributed by atoms with Gasteiger partial charge in [-0.05, 0) is 5.56 Å². The zero-order chi connectivity index (χ0) is 13.1. The summed E-state index contributed by atoms with van der Waals surface area (Å²) in [6.45, 7) is 3.49. The number of hydrogen-bond acceptors (Lipinski definition) is 3. The van der Waals surface area contributed by atoms with Crippen LogP contribution in [0, 0.1) is 0 Å². The zero-order valence-corrected chi connectivity index (χ0v) is 10.2. The van der Waals surface area contributed by atoms with E-state index in [9.17, 15) is 9.59 Å². The van der Waals surface area contributed by atoms with Crippen LogP contribution in [0.5, 0.6) is 0 Å². The van der Waals surface area contributed by atoms with Crippen LogP contribution in [0.1, 0.15) is 25.8 Å². The molecule has 4 heteroatoms. The van der Waals surface area contributed by atoms with E-state index in [0.29, 0.717) is 6.61 Å². The largest absolute Gasteiger partial charge is 0.481 e. The Hall–Kier alpha value is -1.84. The molecule has 0 saturated heterocycles. The summed E-state index contributed by atoms with van der Waals surface area (Å²) in [6, 6.07) is 9.95. The lowest BCUT2D eigenvalue weighted by Gasteiger charge is -2.00. The predicted octanol–water partition coefficient (Wildman–Crippen LogP) is 2.27. The van der Waals surface area contributed by atoms with E-state index in [0.717, 1.165) is 6.42 Å². The third-order valence-corrected chi connectivity index (χ3v) is 1.84. The Kier molecular flexibility index (Phi) is 8.37. The number of carboxylic acids is 1. The number of esters is 1. The summed E-state index contributed by atoms with van der Waals surface area (Å²) in [5.41, 5.74) is 1.19. The average Bonchev–Trinajstić information content (AvgIpc) is 2.30. The van der Waals surface area contributed by atoms with Crippen molar-refractivity contribution in [3.8, 4) is 0 Å². The highest BCUT2D eigenvalue weighted by atomic mass is 16.5. The highest BCUT2D eigenvalue weighted by molar-refractivity contribution is 5.66. The molecule has 0 aliphatic rings. The van der Waals surface area contributed by atoms with Gasteiger partial charge in [-0.2, -0.15) is 0 Å². The molecule has 0 radical (unpaired) electrons. The Morgan fingerprint density at radius 3 is 2.18 bits per heavy atom. The van der Waals surface area contributed by atoms with Crippen molar-refractivity contribution in [1.82, 2.24) is 0 Å². The smallest absolute Gasteiger partial charge is 0.303 e. The summed E-state index contributed by atoms with van der Waals surface area (Å²) in [7, 11) is 0. The minimum atomic E-state index is -0.745. The Labute approximate surface area is 101 Å². The molecular weight excluding hydrogens is 220 g/mol. The van der Waals surface area contributed by atoms with Gasteiger partial charge in [-0.15, -0.1) is 0 Å². The Balaban J connectivity index is 0.000000437. The van der Waals surface area contributed by atoms with Gasteiger partial charge in [-0.25, -0.2) is 0 Å². The standard InChI is InChI=1S/C10H12O2.C3H6O2/c1-9(11)12-8-7-10-5-3-2-4-6-10;1-2-3(4)5/h2-6H,7-8H2,1H3;2H2,1H3,(H,4,5). The molecule has 1 N–H and O–H groups in total. The molecule has 0 fully saturated rings. The van der Waals surface area contributed by atoms with E-state index in [4.69, 9.17) is 9.84 Å². The maximum absolute atomic E-state index is 10.4. The number of carboxylic acid groups (broad SMARTS) is 1. The summed E-state index contributed by atoms with van der Waals surface area (Å²) < 4.78 is 4.81. The molecule has 1 rings (SSSR count). The first kappa shape index (κ1) is 15.2. The lowest BCUT2D eigenvalue weighted by molar-refractivity contribution is -0.141. The van der Waals surface area contributed by atoms with Gasteiger partial charge in [0.2, 0.25) is 0 Å². The van der Waals surface area contributed by atoms with Crippen molar-refractivity contribution in [2.75, 3.05) is 6.61 Å². The second kappa shape index (κ2) is 9.39. The Morgan fingerprint density at radius 2 is 1.76 bits per heavy atom. The highest BCUT2D eigenvalue weighted by Crippen LogP contribution is 1.99. The first-order valence-corrected chi connectivity index (χ1v) is 5.45. The maximum Gasteiger partial charge on any atom is 0.303 e. The van der Waals surface area contributed by atoms with Gasteiger partial charge in [-0.3, -0.25) is 9.59 Å². The number of carbonyl (C=O) groups is 2. The van der Waals surface area contributed by atoms with Gasteiger partial charge < -0.3 is 9.84 Å². The summed E-state index contributed by atoms with van der Waals surface area (Å²) in [4.78, 5) is 19.8. The second-order valence-corrected chi connectivity index (χ2v) is 3.32. The van der Waals surface area contributed by atoms with Crippen molar-refractivity contribution in [1.29, 1.82) is 0 Å². The third-order valence-electron chi connectivity index (χ3n) is 1.84. The van der Waals surface area contributed by atoms with E-state index in [1.807, 2.05) is 30.3 Å². The van der Waals surface area contributed by atoms with Crippen molar-refractivity contribution < 1.29 is 19.4 Å². The van der Waals surface area contributed by atoms with E-state index in [1.165, 1.54) is 12.5 Å². The Morgan fingerprint density at radius 1 is 1.24 bits per heavy atom. The topological polar surface area (TPSA) is 63.6 Å². The summed E-state index contributed by atoms with van der Waals surface area (Å²) in [6.07, 6.45) is 1.01. The predicted molar refractivity (Wildman–Crippen MR) is 64.7 cm³/mol. The van der Waals surface area contributed by atoms with Crippen molar-refractivity contribution in [3.63, 3.8) is 0 Å². The van der Waals surface area contributed by atoms with E-state index < -0.39 is 5.97 Å². The number of rotatable bonds is 4. The molecule has 0 atom stereocenters. The Bertz CT molecular complexity index is 333. The van der Waals surface area contributed by atoms with E-state index >= 15 is 0 Å². The highest BCUT2D eigenvalue weighted by Gasteiger charge is 1.93. The van der Waals surface area contributed by atoms with Crippen molar-refractivity contribution in [2.24, 2.45) is 0 Å². The van der Waals surface area contributed by atoms with Crippen molar-refractivity contribution in [3.05, 3.63) is 35.9 Å². The van der Waals surface area contributed by atoms with Crippen molar-refractivity contribution >= 4 is 11.9 Å². The second-order valence-electron chi connectivity index (χ2n) is 3.32. The van der Waals surface area contributed by atoms with Crippen LogP contribution in [0.25, 0.3) is 0 Å². The van der Waals surface area contributed by atoms with Crippen LogP contribution in [-0.4, -0.2) is 23.7 Å². The average molecular weight is 238 g/mol. The van der Waals surface area contributed by atoms with Crippen LogP contribution in [0.15, 0.2) is 30.3 Å². The quantitative estimate of drug-likeness (QED) is 0.817. The molecule has 0 heterocycles. The van der Waals surface area contributed by atoms with Gasteiger partial charge in [-0.1, -0.05) is 37.3 Å². The van der Waals surface area contributed by atoms with Crippen LogP contribution >= 0.6 is 0 Å². The molecule has 0 aliphatic carbocycles. The molecule has 94 valence electrons. The zero-order valence-electron chi connectivity index (χ0n) is 10.2. The van der Waals surface area contributed by atoms with Gasteiger partial charge >= 0.3 is 11.9 Å². The number of aliphatic carboxylic acids is 1. The number of carbonyl (C=O) groups excluding carboxylic acids is 1. The molecule has 1 aromatic carbocycles. The molecule has 0 amide bonds. The number of hydrogen-bond donors (Lipinski definition) is 1. The first-order valence-electron chi connectivity index (χ1n) is 5.45. The molecular formula is C13H18O4. The first-order chi connectivity index (χ1) is 8.06. The minimum absolute atomic E-state index is 0.217. The molecule has 0 saturated carbocycles. The molecule has 0 spiro atoms. The summed E-state index contributed by atoms with van der Waals surface area (Å²) in [5, 5.41) is 7.72. The fourth-order valence-corrected chi connectivity index (χ4v) is 0.957. The third kappa shape index (κ3) is 10.4. The molecule has 17 heavy (non-hydrogen) atoms. The van der Waals surface area contributed by atoms with Gasteiger partial charge in [0.1, 0.15) is 0 Å². The van der Waals surface area contributed by atoms with Crippen LogP contribution in [0.2, 0.25) is 0 Å². The lowest BCUT2D eigenvalue weighted by Crippen LogP contribution is -2.02. The van der Waals surface area contributed by atoms with Gasteiger partial charge in [0.15, 0.2) is 0 Å². The van der Waals surface area contributed by atoms with E-state index in [-0.39, 0.29) is 12.4 Å². The lowest BCUT2D eigenvalue weighted by atomic mass is 10.2. The van der Waals surface area contributed by atoms with Crippen LogP contribution in [-0.2, 0) is 20.7 Å². The SMILES string of the molecule is CC(=O)OCCc1ccccc1.CCC(=O)O. The molecule has 4 nitrogen and oxygen atoms in total. The van der Waals surface area contributed by atoms with Crippen LogP contribution in [0.4, 0.5) is 0 Å². The minimum Gasteiger partial charge on any atom is -0.481 e. The molecule has 1 aromatic rings. The maximum atomic E-state index is 10.4. The van der Waals surface area contributed by atoms with E-state index in [2.05, 4.69) is 0 Å². The van der Waals surface area contributed by atoms with Gasteiger partial charge in [0.05, 0.1) is 6.61 Å². The van der Waals surface area contributed by atoms with Crippen molar-refractivity contribution in [2.45, 2.75) is 26.7 Å². The van der Waals surface area contributed by atoms with Gasteiger partial charge in [0, 0.05) is 19.8 Å². The molecule has 0 aromatic heterocycles. The molecule has 0 aliphatic heterocycles. The monoisotopic (exact) mass is 238 g/mol. The number of benzene rings is 1. The van der Waals surface area contributed by atoms with Crippen LogP contribution in [0.3, 0.4) is 0 Å². The molecule has 0 unspecified atom stereocenters.